The highest BCUT2D eigenvalue weighted by atomic mass is 16.7. The van der Waals surface area contributed by atoms with Gasteiger partial charge in [-0.15, -0.1) is 0 Å². The SMILES string of the molecule is Cc1cc(C)cc(C(=O)N(NC(=O)c2ccc3c(c2)BN(C2C=CC=CN2OB2c4cc(C(=O)NN(C(=O)c5cc(C)cc(C)c5)C(C)(C)C)ccc4C=NN2c2ccccn2)N=C3)C(C)(C)C)c1. The number of hydrazine groups is 2. The van der Waals surface area contributed by atoms with Crippen molar-refractivity contribution in [3.8, 4) is 0 Å². The number of carbonyl (C=O) groups is 4. The van der Waals surface area contributed by atoms with Crippen LogP contribution in [0.4, 0.5) is 5.82 Å². The summed E-state index contributed by atoms with van der Waals surface area (Å²) in [5.41, 5.74) is 12.7. The number of fused-ring (bicyclic) bond motifs is 2. The zero-order chi connectivity index (χ0) is 49.4. The van der Waals surface area contributed by atoms with Gasteiger partial charge in [-0.1, -0.05) is 64.7 Å². The van der Waals surface area contributed by atoms with Gasteiger partial charge in [0.1, 0.15) is 12.0 Å². The summed E-state index contributed by atoms with van der Waals surface area (Å²) in [4.78, 5) is 64.2. The molecule has 4 heterocycles. The van der Waals surface area contributed by atoms with Crippen molar-refractivity contribution in [1.82, 2.24) is 35.8 Å². The summed E-state index contributed by atoms with van der Waals surface area (Å²) in [6.45, 7) is 19.0. The number of hydrogen-bond donors (Lipinski definition) is 2. The first-order chi connectivity index (χ1) is 32.7. The molecule has 3 aliphatic heterocycles. The van der Waals surface area contributed by atoms with E-state index in [1.54, 1.807) is 59.1 Å². The topological polar surface area (TPSA) is 155 Å². The normalized spacial score (nSPS) is 15.0. The van der Waals surface area contributed by atoms with Crippen molar-refractivity contribution in [3.63, 3.8) is 0 Å². The van der Waals surface area contributed by atoms with Gasteiger partial charge < -0.3 is 4.92 Å². The van der Waals surface area contributed by atoms with Crippen LogP contribution in [0.5, 0.6) is 0 Å². The first-order valence-electron chi connectivity index (χ1n) is 22.8. The number of pyridine rings is 1. The van der Waals surface area contributed by atoms with E-state index >= 15 is 0 Å². The molecule has 0 radical (unpaired) electrons. The minimum absolute atomic E-state index is 0.295. The van der Waals surface area contributed by atoms with Gasteiger partial charge in [-0.3, -0.25) is 39.7 Å². The Morgan fingerprint density at radius 1 is 0.652 bits per heavy atom. The van der Waals surface area contributed by atoms with Crippen molar-refractivity contribution < 1.29 is 23.9 Å². The van der Waals surface area contributed by atoms with Crippen molar-refractivity contribution in [1.29, 1.82) is 0 Å². The summed E-state index contributed by atoms with van der Waals surface area (Å²) in [5.74, 6) is -1.05. The number of allylic oxidation sites excluding steroid dienone is 2. The molecular formula is C52H56B2N10O5. The summed E-state index contributed by atoms with van der Waals surface area (Å²) in [6, 6.07) is 27.4. The maximum Gasteiger partial charge on any atom is 0.500 e. The smallest absolute Gasteiger partial charge is 0.313 e. The number of aryl methyl sites for hydroxylation is 4. The summed E-state index contributed by atoms with van der Waals surface area (Å²) >= 11 is 0. The Balaban J connectivity index is 1.05. The van der Waals surface area contributed by atoms with Crippen LogP contribution in [0.3, 0.4) is 0 Å². The van der Waals surface area contributed by atoms with Crippen molar-refractivity contribution in [2.75, 3.05) is 4.92 Å². The third-order valence-corrected chi connectivity index (χ3v) is 11.7. The van der Waals surface area contributed by atoms with E-state index in [0.717, 1.165) is 33.3 Å². The molecule has 8 rings (SSSR count). The molecule has 15 nitrogen and oxygen atoms in total. The lowest BCUT2D eigenvalue weighted by Gasteiger charge is -2.40. The van der Waals surface area contributed by atoms with Gasteiger partial charge in [-0.25, -0.2) is 20.1 Å². The van der Waals surface area contributed by atoms with Gasteiger partial charge in [0.05, 0.1) is 23.5 Å². The molecule has 0 spiro atoms. The predicted molar refractivity (Wildman–Crippen MR) is 272 cm³/mol. The number of anilines is 1. The fraction of sp³-hybridized carbons (Fsp3) is 0.250. The molecule has 69 heavy (non-hydrogen) atoms. The molecule has 0 bridgehead atoms. The number of benzene rings is 4. The number of nitrogens with zero attached hydrogens (tertiary/aromatic N) is 8. The van der Waals surface area contributed by atoms with Crippen molar-refractivity contribution >= 4 is 67.3 Å². The van der Waals surface area contributed by atoms with Crippen LogP contribution in [-0.2, 0) is 4.76 Å². The molecule has 350 valence electrons. The maximum atomic E-state index is 14.2. The largest absolute Gasteiger partial charge is 0.500 e. The third-order valence-electron chi connectivity index (χ3n) is 11.7. The highest BCUT2D eigenvalue weighted by molar-refractivity contribution is 6.72. The van der Waals surface area contributed by atoms with E-state index in [9.17, 15) is 19.2 Å². The van der Waals surface area contributed by atoms with Crippen LogP contribution in [0, 0.1) is 27.7 Å². The maximum absolute atomic E-state index is 14.2. The molecule has 0 saturated heterocycles. The van der Waals surface area contributed by atoms with Crippen LogP contribution in [0.1, 0.15) is 116 Å². The minimum atomic E-state index is -0.935. The Labute approximate surface area is 404 Å². The fourth-order valence-corrected chi connectivity index (χ4v) is 8.40. The Bertz CT molecular complexity index is 2920. The van der Waals surface area contributed by atoms with Crippen molar-refractivity contribution in [2.24, 2.45) is 10.2 Å². The molecule has 4 amide bonds. The molecule has 0 saturated carbocycles. The number of hydrazone groups is 2. The van der Waals surface area contributed by atoms with Crippen molar-refractivity contribution in [3.05, 3.63) is 177 Å². The lowest BCUT2D eigenvalue weighted by atomic mass is 9.68. The lowest BCUT2D eigenvalue weighted by Crippen LogP contribution is -2.59. The Hall–Kier alpha value is -7.78. The Kier molecular flexibility index (Phi) is 13.2. The van der Waals surface area contributed by atoms with E-state index in [4.69, 9.17) is 15.0 Å². The molecule has 3 aliphatic rings. The van der Waals surface area contributed by atoms with Crippen LogP contribution in [-0.4, -0.2) is 92.8 Å². The van der Waals surface area contributed by atoms with Gasteiger partial charge in [0.15, 0.2) is 0 Å². The number of nitrogens with one attached hydrogen (secondary N) is 2. The van der Waals surface area contributed by atoms with E-state index in [-0.39, 0.29) is 11.8 Å². The van der Waals surface area contributed by atoms with E-state index in [2.05, 4.69) is 15.8 Å². The number of rotatable bonds is 8. The molecular weight excluding hydrogens is 866 g/mol. The van der Waals surface area contributed by atoms with Crippen LogP contribution in [0.15, 0.2) is 132 Å². The number of amides is 4. The predicted octanol–water partition coefficient (Wildman–Crippen LogP) is 6.01. The molecule has 0 aliphatic carbocycles. The highest BCUT2D eigenvalue weighted by Gasteiger charge is 2.40. The second-order valence-corrected chi connectivity index (χ2v) is 19.6. The fourth-order valence-electron chi connectivity index (χ4n) is 8.40. The van der Waals surface area contributed by atoms with E-state index < -0.39 is 36.1 Å². The van der Waals surface area contributed by atoms with Gasteiger partial charge in [0, 0.05) is 34.7 Å². The van der Waals surface area contributed by atoms with Gasteiger partial charge >= 0.3 is 7.05 Å². The highest BCUT2D eigenvalue weighted by Crippen LogP contribution is 2.25. The molecule has 17 heteroatoms. The molecule has 4 aromatic carbocycles. The third kappa shape index (κ3) is 10.5. The summed E-state index contributed by atoms with van der Waals surface area (Å²) in [7, 11) is -0.630. The van der Waals surface area contributed by atoms with Crippen LogP contribution in [0.25, 0.3) is 0 Å². The second-order valence-electron chi connectivity index (χ2n) is 19.6. The van der Waals surface area contributed by atoms with E-state index in [1.807, 2.05) is 159 Å². The zero-order valence-corrected chi connectivity index (χ0v) is 40.7. The first kappa shape index (κ1) is 47.7. The summed E-state index contributed by atoms with van der Waals surface area (Å²) in [6.07, 6.45) is 12.0. The average Bonchev–Trinajstić information content (AvgIpc) is 3.30. The number of aromatic nitrogens is 1. The summed E-state index contributed by atoms with van der Waals surface area (Å²) < 4.78 is 6.93. The van der Waals surface area contributed by atoms with Crippen LogP contribution >= 0.6 is 0 Å². The number of hydroxylamine groups is 2. The monoisotopic (exact) mass is 922 g/mol. The molecule has 5 aromatic rings. The van der Waals surface area contributed by atoms with Gasteiger partial charge in [-0.05, 0) is 158 Å². The van der Waals surface area contributed by atoms with Crippen LogP contribution in [0.2, 0.25) is 0 Å². The quantitative estimate of drug-likeness (QED) is 0.141. The van der Waals surface area contributed by atoms with Gasteiger partial charge in [0.25, 0.3) is 31.0 Å². The molecule has 1 atom stereocenters. The van der Waals surface area contributed by atoms with E-state index in [0.29, 0.717) is 46.5 Å². The minimum Gasteiger partial charge on any atom is -0.313 e. The molecule has 0 fully saturated rings. The molecule has 1 unspecified atom stereocenters. The van der Waals surface area contributed by atoms with Gasteiger partial charge in [-0.2, -0.15) is 10.2 Å². The summed E-state index contributed by atoms with van der Waals surface area (Å²) in [5, 5.41) is 14.0. The van der Waals surface area contributed by atoms with E-state index in [1.165, 1.54) is 10.0 Å². The Morgan fingerprint density at radius 2 is 1.20 bits per heavy atom. The lowest BCUT2D eigenvalue weighted by molar-refractivity contribution is -0.0699. The standard InChI is InChI=1S/C52H56B2N10O5/c1-33-23-34(2)26-41(25-33)49(67)61(51(5,6)7)58-47(65)37-17-19-39-31-56-63(53-43(39)29-37)46-16-12-14-22-60(46)69-54-44-30-38(18-20-40(44)32-57-64(54)45-15-11-13-21-55-45)48(66)59-62(52(8,9)10)50(68)42-27-35(3)24-36(4)28-42/h11-32,46,53H,1-10H3,(H,58,65)(H,59,66). The number of hydrogen-bond acceptors (Lipinski definition) is 11. The van der Waals surface area contributed by atoms with Crippen molar-refractivity contribution in [2.45, 2.75) is 86.5 Å². The van der Waals surface area contributed by atoms with Gasteiger partial charge in [0.2, 0.25) is 0 Å². The Morgan fingerprint density at radius 3 is 1.75 bits per heavy atom. The zero-order valence-electron chi connectivity index (χ0n) is 40.7. The average molecular weight is 923 g/mol. The molecule has 2 N–H and O–H groups in total. The number of carbonyl (C=O) groups excluding carboxylic acids is 4. The second kappa shape index (κ2) is 19.1. The molecule has 1 aromatic heterocycles. The first-order valence-corrected chi connectivity index (χ1v) is 22.8. The van der Waals surface area contributed by atoms with Crippen LogP contribution < -0.4 is 26.7 Å².